The molecule has 1 aromatic carbocycles. The molecule has 5 rings (SSSR count). The molecule has 0 amide bonds. The van der Waals surface area contributed by atoms with E-state index in [-0.39, 0.29) is 0 Å². The van der Waals surface area contributed by atoms with Gasteiger partial charge in [0.2, 0.25) is 0 Å². The highest BCUT2D eigenvalue weighted by Crippen LogP contribution is 2.71. The SMILES string of the molecule is CCCC1=CCC2C3C(C)CC4(C)CC(S)CCC4(C)C3CCC12C.Cc1ccccc1C. The molecule has 4 aliphatic rings. The average Bonchev–Trinajstić information content (AvgIpc) is 3.09. The zero-order valence-corrected chi connectivity index (χ0v) is 23.5. The van der Waals surface area contributed by atoms with Gasteiger partial charge in [-0.1, -0.05) is 77.0 Å². The van der Waals surface area contributed by atoms with Crippen LogP contribution in [0.5, 0.6) is 0 Å². The molecule has 8 atom stereocenters. The molecule has 0 bridgehead atoms. The van der Waals surface area contributed by atoms with Gasteiger partial charge in [-0.25, -0.2) is 0 Å². The summed E-state index contributed by atoms with van der Waals surface area (Å²) in [7, 11) is 0. The lowest BCUT2D eigenvalue weighted by Gasteiger charge is -2.67. The summed E-state index contributed by atoms with van der Waals surface area (Å²) in [5.41, 5.74) is 6.15. The van der Waals surface area contributed by atoms with Gasteiger partial charge in [0.1, 0.15) is 0 Å². The molecule has 4 aliphatic carbocycles. The Hall–Kier alpha value is -0.690. The van der Waals surface area contributed by atoms with E-state index in [2.05, 4.69) is 78.8 Å². The van der Waals surface area contributed by atoms with Gasteiger partial charge in [0.15, 0.2) is 0 Å². The van der Waals surface area contributed by atoms with Crippen molar-refractivity contribution < 1.29 is 0 Å². The van der Waals surface area contributed by atoms with Crippen molar-refractivity contribution in [1.29, 1.82) is 0 Å². The topological polar surface area (TPSA) is 0 Å². The minimum Gasteiger partial charge on any atom is -0.176 e. The van der Waals surface area contributed by atoms with Gasteiger partial charge in [0.05, 0.1) is 0 Å². The fourth-order valence-electron chi connectivity index (χ4n) is 9.13. The van der Waals surface area contributed by atoms with Crippen LogP contribution in [0.25, 0.3) is 0 Å². The molecular weight excluding hydrogens is 416 g/mol. The van der Waals surface area contributed by atoms with Crippen molar-refractivity contribution in [1.82, 2.24) is 0 Å². The number of thiol groups is 1. The Labute approximate surface area is 210 Å². The van der Waals surface area contributed by atoms with Crippen molar-refractivity contribution in [3.05, 3.63) is 47.0 Å². The van der Waals surface area contributed by atoms with Crippen LogP contribution in [-0.2, 0) is 0 Å². The highest BCUT2D eigenvalue weighted by Gasteiger charge is 2.63. The van der Waals surface area contributed by atoms with E-state index in [0.717, 1.165) is 23.7 Å². The lowest BCUT2D eigenvalue weighted by Crippen LogP contribution is -2.60. The van der Waals surface area contributed by atoms with Crippen LogP contribution in [-0.4, -0.2) is 5.25 Å². The van der Waals surface area contributed by atoms with E-state index in [0.29, 0.717) is 21.5 Å². The summed E-state index contributed by atoms with van der Waals surface area (Å²) in [6, 6.07) is 8.36. The second kappa shape index (κ2) is 9.40. The number of benzene rings is 1. The Bertz CT molecular complexity index is 848. The highest BCUT2D eigenvalue weighted by atomic mass is 32.1. The first kappa shape index (κ1) is 25.4. The number of hydrogen-bond donors (Lipinski definition) is 1. The van der Waals surface area contributed by atoms with Crippen LogP contribution in [0.3, 0.4) is 0 Å². The van der Waals surface area contributed by atoms with Gasteiger partial charge >= 0.3 is 0 Å². The maximum absolute atomic E-state index is 4.92. The zero-order valence-electron chi connectivity index (χ0n) is 22.6. The van der Waals surface area contributed by atoms with Gasteiger partial charge < -0.3 is 0 Å². The monoisotopic (exact) mass is 466 g/mol. The van der Waals surface area contributed by atoms with Crippen LogP contribution >= 0.6 is 12.6 Å². The number of aryl methyl sites for hydroxylation is 2. The summed E-state index contributed by atoms with van der Waals surface area (Å²) in [4.78, 5) is 0. The van der Waals surface area contributed by atoms with Crippen LogP contribution < -0.4 is 0 Å². The molecule has 1 heteroatoms. The van der Waals surface area contributed by atoms with Crippen molar-refractivity contribution in [2.45, 2.75) is 112 Å². The normalized spacial score (nSPS) is 44.0. The highest BCUT2D eigenvalue weighted by molar-refractivity contribution is 7.80. The predicted octanol–water partition coefficient (Wildman–Crippen LogP) is 9.60. The number of rotatable bonds is 2. The van der Waals surface area contributed by atoms with E-state index in [9.17, 15) is 0 Å². The molecule has 0 aliphatic heterocycles. The van der Waals surface area contributed by atoms with E-state index in [4.69, 9.17) is 12.6 Å². The van der Waals surface area contributed by atoms with E-state index in [1.54, 1.807) is 0 Å². The average molecular weight is 467 g/mol. The van der Waals surface area contributed by atoms with Gasteiger partial charge in [-0.15, -0.1) is 0 Å². The summed E-state index contributed by atoms with van der Waals surface area (Å²) in [6.45, 7) is 17.2. The lowest BCUT2D eigenvalue weighted by atomic mass is 9.38. The third-order valence-corrected chi connectivity index (χ3v) is 11.8. The summed E-state index contributed by atoms with van der Waals surface area (Å²) in [5.74, 6) is 3.73. The van der Waals surface area contributed by atoms with Crippen LogP contribution in [0.2, 0.25) is 0 Å². The van der Waals surface area contributed by atoms with Crippen molar-refractivity contribution in [2.75, 3.05) is 0 Å². The summed E-state index contributed by atoms with van der Waals surface area (Å²) >= 11 is 4.92. The molecule has 33 heavy (non-hydrogen) atoms. The van der Waals surface area contributed by atoms with Crippen LogP contribution in [0.15, 0.2) is 35.9 Å². The van der Waals surface area contributed by atoms with E-state index in [1.165, 1.54) is 68.9 Å². The van der Waals surface area contributed by atoms with Crippen LogP contribution in [0.4, 0.5) is 0 Å². The Morgan fingerprint density at radius 1 is 0.939 bits per heavy atom. The summed E-state index contributed by atoms with van der Waals surface area (Å²) in [5, 5.41) is 0.639. The van der Waals surface area contributed by atoms with Gasteiger partial charge in [0.25, 0.3) is 0 Å². The molecule has 0 radical (unpaired) electrons. The number of fused-ring (bicyclic) bond motifs is 5. The minimum absolute atomic E-state index is 0.518. The van der Waals surface area contributed by atoms with Crippen molar-refractivity contribution in [3.8, 4) is 0 Å². The van der Waals surface area contributed by atoms with Gasteiger partial charge in [-0.05, 0) is 116 Å². The fraction of sp³-hybridized carbons (Fsp3) is 0.750. The molecule has 0 spiro atoms. The number of hydrogen-bond acceptors (Lipinski definition) is 1. The number of allylic oxidation sites excluding steroid dienone is 2. The molecule has 1 aromatic rings. The van der Waals surface area contributed by atoms with Gasteiger partial charge in [-0.2, -0.15) is 12.6 Å². The first-order chi connectivity index (χ1) is 15.6. The van der Waals surface area contributed by atoms with Gasteiger partial charge in [-0.3, -0.25) is 0 Å². The molecule has 3 saturated carbocycles. The first-order valence-corrected chi connectivity index (χ1v) is 14.5. The van der Waals surface area contributed by atoms with Crippen LogP contribution in [0.1, 0.15) is 104 Å². The molecule has 0 N–H and O–H groups in total. The summed E-state index contributed by atoms with van der Waals surface area (Å²) < 4.78 is 0. The molecule has 0 heterocycles. The van der Waals surface area contributed by atoms with Crippen molar-refractivity contribution >= 4 is 12.6 Å². The standard InChI is InChI=1S/C24H40S.C8H10/c1-6-7-17-8-9-19-21-16(2)14-22(3)15-18(25)10-13-24(22,5)20(21)11-12-23(17,19)4;1-7-5-3-4-6-8(7)2/h8,16,18-21,25H,6-7,9-15H2,1-5H3;3-6H,1-2H3. The Kier molecular flexibility index (Phi) is 7.24. The smallest absolute Gasteiger partial charge is 0.00224 e. The molecule has 0 saturated heterocycles. The molecule has 0 nitrogen and oxygen atoms in total. The maximum Gasteiger partial charge on any atom is 0.00224 e. The van der Waals surface area contributed by atoms with Crippen molar-refractivity contribution in [3.63, 3.8) is 0 Å². The summed E-state index contributed by atoms with van der Waals surface area (Å²) in [6.07, 6.45) is 15.2. The Morgan fingerprint density at radius 3 is 2.21 bits per heavy atom. The first-order valence-electron chi connectivity index (χ1n) is 14.0. The molecule has 0 aromatic heterocycles. The van der Waals surface area contributed by atoms with E-state index < -0.39 is 0 Å². The van der Waals surface area contributed by atoms with E-state index >= 15 is 0 Å². The quantitative estimate of drug-likeness (QED) is 0.325. The van der Waals surface area contributed by atoms with Crippen molar-refractivity contribution in [2.24, 2.45) is 39.9 Å². The minimum atomic E-state index is 0.518. The Morgan fingerprint density at radius 2 is 1.61 bits per heavy atom. The predicted molar refractivity (Wildman–Crippen MR) is 148 cm³/mol. The molecule has 184 valence electrons. The Balaban J connectivity index is 0.000000275. The molecular formula is C32H50S. The second-order valence-corrected chi connectivity index (χ2v) is 13.8. The second-order valence-electron chi connectivity index (χ2n) is 13.1. The fourth-order valence-corrected chi connectivity index (χ4v) is 9.66. The third-order valence-electron chi connectivity index (χ3n) is 11.3. The van der Waals surface area contributed by atoms with E-state index in [1.807, 2.05) is 5.57 Å². The zero-order chi connectivity index (χ0) is 24.0. The van der Waals surface area contributed by atoms with Crippen LogP contribution in [0, 0.1) is 53.8 Å². The maximum atomic E-state index is 4.92. The van der Waals surface area contributed by atoms with Gasteiger partial charge in [0, 0.05) is 5.25 Å². The molecule has 3 fully saturated rings. The third kappa shape index (κ3) is 4.28. The molecule has 8 unspecified atom stereocenters. The largest absolute Gasteiger partial charge is 0.176 e. The lowest BCUT2D eigenvalue weighted by molar-refractivity contribution is -0.166.